The van der Waals surface area contributed by atoms with Crippen molar-refractivity contribution in [2.45, 2.75) is 12.3 Å². The van der Waals surface area contributed by atoms with Gasteiger partial charge in [-0.25, -0.2) is 9.37 Å². The van der Waals surface area contributed by atoms with Crippen LogP contribution in [0.5, 0.6) is 0 Å². The number of nitrogens with zero attached hydrogens (tertiary/aromatic N) is 3. The summed E-state index contributed by atoms with van der Waals surface area (Å²) in [6.45, 7) is 0. The van der Waals surface area contributed by atoms with Crippen LogP contribution in [-0.4, -0.2) is 20.4 Å². The first-order valence-corrected chi connectivity index (χ1v) is 7.74. The van der Waals surface area contributed by atoms with Gasteiger partial charge in [0.05, 0.1) is 17.6 Å². The Morgan fingerprint density at radius 3 is 2.92 bits per heavy atom. The van der Waals surface area contributed by atoms with Crippen LogP contribution in [0.4, 0.5) is 10.2 Å². The van der Waals surface area contributed by atoms with E-state index in [1.54, 1.807) is 41.5 Å². The predicted octanol–water partition coefficient (Wildman–Crippen LogP) is 3.53. The number of hydrogen-bond donors (Lipinski definition) is 1. The molecule has 0 saturated heterocycles. The molecule has 2 aromatic heterocycles. The molecule has 7 heteroatoms. The van der Waals surface area contributed by atoms with Gasteiger partial charge in [0.1, 0.15) is 18.0 Å². The Kier molecular flexibility index (Phi) is 3.54. The molecule has 4 rings (SSSR count). The molecule has 0 unspecified atom stereocenters. The van der Waals surface area contributed by atoms with Crippen molar-refractivity contribution < 1.29 is 9.18 Å². The maximum absolute atomic E-state index is 14.3. The van der Waals surface area contributed by atoms with Crippen LogP contribution >= 0.6 is 11.6 Å². The fourth-order valence-corrected chi connectivity index (χ4v) is 3.28. The van der Waals surface area contributed by atoms with Crippen molar-refractivity contribution in [3.8, 4) is 5.69 Å². The average molecular weight is 343 g/mol. The standard InChI is InChI=1S/C17H12ClFN4O/c18-12-4-1-5-13(19)15(12)11-7-14(24)22-17-16(11)21-9-23(17)10-3-2-6-20-8-10/h1-6,8-9,11H,7H2,(H,22,24)/t11-/m0/s1. The van der Waals surface area contributed by atoms with Crippen molar-refractivity contribution in [3.63, 3.8) is 0 Å². The molecule has 1 aliphatic heterocycles. The van der Waals surface area contributed by atoms with Crippen LogP contribution in [0.15, 0.2) is 49.1 Å². The summed E-state index contributed by atoms with van der Waals surface area (Å²) in [7, 11) is 0. The Hall–Kier alpha value is -2.73. The minimum atomic E-state index is -0.527. The number of amides is 1. The Balaban J connectivity index is 1.88. The second-order valence-corrected chi connectivity index (χ2v) is 5.91. The summed E-state index contributed by atoms with van der Waals surface area (Å²) in [5.74, 6) is -0.662. The number of halogens is 2. The summed E-state index contributed by atoms with van der Waals surface area (Å²) in [4.78, 5) is 20.7. The van der Waals surface area contributed by atoms with Crippen LogP contribution in [0.25, 0.3) is 5.69 Å². The molecule has 0 aliphatic carbocycles. The third-order valence-electron chi connectivity index (χ3n) is 4.05. The summed E-state index contributed by atoms with van der Waals surface area (Å²) < 4.78 is 16.0. The van der Waals surface area contributed by atoms with Crippen molar-refractivity contribution in [2.75, 3.05) is 5.32 Å². The molecule has 3 aromatic rings. The number of imidazole rings is 1. The van der Waals surface area contributed by atoms with Crippen molar-refractivity contribution in [1.29, 1.82) is 0 Å². The smallest absolute Gasteiger partial charge is 0.226 e. The number of nitrogens with one attached hydrogen (secondary N) is 1. The summed E-state index contributed by atoms with van der Waals surface area (Å²) in [5, 5.41) is 3.10. The van der Waals surface area contributed by atoms with Crippen molar-refractivity contribution >= 4 is 23.3 Å². The van der Waals surface area contributed by atoms with Crippen LogP contribution in [0.3, 0.4) is 0 Å². The van der Waals surface area contributed by atoms with Gasteiger partial charge in [0.2, 0.25) is 5.91 Å². The quantitative estimate of drug-likeness (QED) is 0.775. The maximum atomic E-state index is 14.3. The molecule has 0 bridgehead atoms. The molecule has 0 saturated carbocycles. The number of carbonyl (C=O) groups excluding carboxylic acids is 1. The first kappa shape index (κ1) is 14.8. The highest BCUT2D eigenvalue weighted by molar-refractivity contribution is 6.31. The fourth-order valence-electron chi connectivity index (χ4n) is 2.98. The second kappa shape index (κ2) is 5.72. The highest BCUT2D eigenvalue weighted by Gasteiger charge is 2.33. The topological polar surface area (TPSA) is 59.8 Å². The van der Waals surface area contributed by atoms with Gasteiger partial charge in [0, 0.05) is 29.1 Å². The summed E-state index contributed by atoms with van der Waals surface area (Å²) in [6, 6.07) is 8.13. The SMILES string of the molecule is O=C1C[C@@H](c2c(F)cccc2Cl)c2ncn(-c3cccnc3)c2N1. The normalized spacial score (nSPS) is 16.6. The lowest BCUT2D eigenvalue weighted by atomic mass is 9.89. The van der Waals surface area contributed by atoms with Crippen LogP contribution in [0, 0.1) is 5.82 Å². The van der Waals surface area contributed by atoms with Crippen molar-refractivity contribution in [2.24, 2.45) is 0 Å². The van der Waals surface area contributed by atoms with Gasteiger partial charge < -0.3 is 5.32 Å². The summed E-state index contributed by atoms with van der Waals surface area (Å²) in [5.41, 5.74) is 1.64. The van der Waals surface area contributed by atoms with Gasteiger partial charge in [-0.15, -0.1) is 0 Å². The molecule has 1 aliphatic rings. The second-order valence-electron chi connectivity index (χ2n) is 5.50. The Morgan fingerprint density at radius 1 is 1.29 bits per heavy atom. The van der Waals surface area contributed by atoms with Gasteiger partial charge in [-0.05, 0) is 24.3 Å². The van der Waals surface area contributed by atoms with E-state index >= 15 is 0 Å². The van der Waals surface area contributed by atoms with Gasteiger partial charge in [0.15, 0.2) is 0 Å². The first-order chi connectivity index (χ1) is 11.6. The zero-order chi connectivity index (χ0) is 16.7. The van der Waals surface area contributed by atoms with Crippen LogP contribution < -0.4 is 5.32 Å². The molecule has 120 valence electrons. The van der Waals surface area contributed by atoms with E-state index in [4.69, 9.17) is 11.6 Å². The third-order valence-corrected chi connectivity index (χ3v) is 4.38. The molecule has 0 radical (unpaired) electrons. The molecule has 5 nitrogen and oxygen atoms in total. The van der Waals surface area contributed by atoms with E-state index in [-0.39, 0.29) is 17.4 Å². The lowest BCUT2D eigenvalue weighted by molar-refractivity contribution is -0.116. The first-order valence-electron chi connectivity index (χ1n) is 7.36. The minimum Gasteiger partial charge on any atom is -0.310 e. The van der Waals surface area contributed by atoms with Gasteiger partial charge in [-0.1, -0.05) is 17.7 Å². The van der Waals surface area contributed by atoms with E-state index in [9.17, 15) is 9.18 Å². The van der Waals surface area contributed by atoms with E-state index in [1.807, 2.05) is 6.07 Å². The number of aromatic nitrogens is 3. The largest absolute Gasteiger partial charge is 0.310 e. The van der Waals surface area contributed by atoms with E-state index in [0.29, 0.717) is 17.1 Å². The Labute approximate surface area is 142 Å². The molecule has 1 N–H and O–H groups in total. The number of carbonyl (C=O) groups is 1. The molecule has 0 spiro atoms. The van der Waals surface area contributed by atoms with Gasteiger partial charge in [0.25, 0.3) is 0 Å². The molecular formula is C17H12ClFN4O. The monoisotopic (exact) mass is 342 g/mol. The van der Waals surface area contributed by atoms with Crippen molar-refractivity contribution in [3.05, 3.63) is 71.2 Å². The maximum Gasteiger partial charge on any atom is 0.226 e. The molecular weight excluding hydrogens is 331 g/mol. The Morgan fingerprint density at radius 2 is 2.17 bits per heavy atom. The highest BCUT2D eigenvalue weighted by atomic mass is 35.5. The number of fused-ring (bicyclic) bond motifs is 1. The van der Waals surface area contributed by atoms with E-state index in [1.165, 1.54) is 6.07 Å². The molecule has 1 amide bonds. The fraction of sp³-hybridized carbons (Fsp3) is 0.118. The van der Waals surface area contributed by atoms with Gasteiger partial charge >= 0.3 is 0 Å². The Bertz CT molecular complexity index is 905. The number of benzene rings is 1. The third kappa shape index (κ3) is 2.35. The number of anilines is 1. The molecule has 1 aromatic carbocycles. The molecule has 24 heavy (non-hydrogen) atoms. The molecule has 3 heterocycles. The van der Waals surface area contributed by atoms with Gasteiger partial charge in [-0.2, -0.15) is 0 Å². The zero-order valence-corrected chi connectivity index (χ0v) is 13.2. The molecule has 0 fully saturated rings. The van der Waals surface area contributed by atoms with Crippen LogP contribution in [0.2, 0.25) is 5.02 Å². The van der Waals surface area contributed by atoms with Crippen LogP contribution in [-0.2, 0) is 4.79 Å². The molecule has 1 atom stereocenters. The van der Waals surface area contributed by atoms with Gasteiger partial charge in [-0.3, -0.25) is 14.3 Å². The number of pyridine rings is 1. The summed E-state index contributed by atoms with van der Waals surface area (Å²) in [6.07, 6.45) is 5.01. The average Bonchev–Trinajstić information content (AvgIpc) is 2.99. The zero-order valence-electron chi connectivity index (χ0n) is 12.4. The van der Waals surface area contributed by atoms with Crippen LogP contribution in [0.1, 0.15) is 23.6 Å². The number of hydrogen-bond acceptors (Lipinski definition) is 3. The van der Waals surface area contributed by atoms with Crippen molar-refractivity contribution in [1.82, 2.24) is 14.5 Å². The predicted molar refractivity (Wildman–Crippen MR) is 87.9 cm³/mol. The summed E-state index contributed by atoms with van der Waals surface area (Å²) >= 11 is 6.18. The minimum absolute atomic E-state index is 0.0949. The van der Waals surface area contributed by atoms with E-state index < -0.39 is 11.7 Å². The lowest BCUT2D eigenvalue weighted by Crippen LogP contribution is -2.25. The highest BCUT2D eigenvalue weighted by Crippen LogP contribution is 2.40. The van der Waals surface area contributed by atoms with E-state index in [0.717, 1.165) is 5.69 Å². The van der Waals surface area contributed by atoms with E-state index in [2.05, 4.69) is 15.3 Å². The lowest BCUT2D eigenvalue weighted by Gasteiger charge is -2.24. The number of rotatable bonds is 2.